The van der Waals surface area contributed by atoms with Crippen LogP contribution < -0.4 is 29.6 Å². The molecular weight excluding hydrogens is 1150 g/mol. The van der Waals surface area contributed by atoms with Crippen LogP contribution >= 0.6 is 0 Å². The van der Waals surface area contributed by atoms with Gasteiger partial charge in [-0.15, -0.1) is 0 Å². The Kier molecular flexibility index (Phi) is 22.5. The number of aliphatic hydroxyl groups excluding tert-OH is 13. The van der Waals surface area contributed by atoms with E-state index in [1.54, 1.807) is 6.92 Å². The average molecular weight is 1240 g/mol. The third-order valence-corrected chi connectivity index (χ3v) is 20.6. The molecular formula is C54H87NaO28S. The Morgan fingerprint density at radius 3 is 1.69 bits per heavy atom. The van der Waals surface area contributed by atoms with Crippen molar-refractivity contribution in [3.63, 3.8) is 0 Å². The van der Waals surface area contributed by atoms with E-state index in [-0.39, 0.29) is 77.3 Å². The van der Waals surface area contributed by atoms with Gasteiger partial charge in [0.1, 0.15) is 110 Å². The van der Waals surface area contributed by atoms with Crippen LogP contribution in [-0.2, 0) is 66.7 Å². The van der Waals surface area contributed by atoms with Crippen molar-refractivity contribution in [3.05, 3.63) is 11.6 Å². The fraction of sp³-hybridized carbons (Fsp3) is 0.944. The van der Waals surface area contributed by atoms with Gasteiger partial charge in [-0.05, 0) is 113 Å². The van der Waals surface area contributed by atoms with Crippen molar-refractivity contribution in [2.75, 3.05) is 13.2 Å². The summed E-state index contributed by atoms with van der Waals surface area (Å²) in [5.41, 5.74) is 0.329. The number of ether oxygens (including phenoxy) is 10. The van der Waals surface area contributed by atoms with E-state index in [2.05, 4.69) is 26.8 Å². The van der Waals surface area contributed by atoms with Gasteiger partial charge in [0.15, 0.2) is 31.5 Å². The van der Waals surface area contributed by atoms with Crippen LogP contribution in [0.1, 0.15) is 99.8 Å². The fourth-order valence-electron chi connectivity index (χ4n) is 15.6. The molecule has 5 aliphatic heterocycles. The molecule has 0 bridgehead atoms. The number of carbonyl (C=O) groups excluding carboxylic acids is 1. The number of allylic oxidation sites excluding steroid dienone is 2. The minimum Gasteiger partial charge on any atom is -0.726 e. The molecule has 9 aliphatic rings. The number of hydrogen-bond donors (Lipinski definition) is 13. The largest absolute Gasteiger partial charge is 1.00 e. The molecule has 0 unspecified atom stereocenters. The number of carbonyl (C=O) groups is 1. The van der Waals surface area contributed by atoms with E-state index in [9.17, 15) is 84.1 Å². The standard InChI is InChI=1S/C54H88O28S.Na/c1-19(14-20(2)57)26-8-9-27-25-16-30(29-15-24(82-83(69,70)71)10-12-54(29,7)28(25)11-13-53(26,27)6)75-50-43(68)45(36(61)32(18-56)76-50)79-51-47(81-49-41(66)38(63)34(59)22(4)73-49)42(67)44(23(5)74-51)78-52-46(39(64)35(60)31(17-55)77-52)80-48-40(65)37(62)33(58)21(3)72-48;/h11,19,21-27,29-52,55-56,58-68H,8-10,12-18H2,1-7H3,(H,69,70,71);/q;+1/p-1/t19-,21-,22-,23-,24+,25+,26-,27+,29-,30+,31-,32-,33+,34-,35+,36+,37+,38+,39+,40-,41-,42+,43-,44-,45+,46-,47-,48+,49+,50-,51+,52+,53-,54-;/m1./s1. The van der Waals surface area contributed by atoms with E-state index in [1.807, 2.05) is 0 Å². The van der Waals surface area contributed by atoms with Crippen LogP contribution in [0.25, 0.3) is 0 Å². The predicted octanol–water partition coefficient (Wildman–Crippen LogP) is -6.80. The molecule has 34 atom stereocenters. The number of rotatable bonds is 17. The Balaban J connectivity index is 0.00000920. The second kappa shape index (κ2) is 27.3. The van der Waals surface area contributed by atoms with Crippen molar-refractivity contribution in [1.82, 2.24) is 0 Å². The summed E-state index contributed by atoms with van der Waals surface area (Å²) < 4.78 is 102. The van der Waals surface area contributed by atoms with Crippen LogP contribution in [0.4, 0.5) is 0 Å². The Labute approximate surface area is 509 Å². The molecule has 3 saturated carbocycles. The third kappa shape index (κ3) is 13.5. The summed E-state index contributed by atoms with van der Waals surface area (Å²) in [6.45, 7) is 10.4. The molecule has 84 heavy (non-hydrogen) atoms. The zero-order chi connectivity index (χ0) is 60.7. The van der Waals surface area contributed by atoms with Crippen LogP contribution in [0, 0.1) is 40.4 Å². The van der Waals surface area contributed by atoms with Crippen molar-refractivity contribution in [2.45, 2.75) is 266 Å². The Morgan fingerprint density at radius 2 is 1.12 bits per heavy atom. The van der Waals surface area contributed by atoms with Crippen molar-refractivity contribution in [1.29, 1.82) is 0 Å². The summed E-state index contributed by atoms with van der Waals surface area (Å²) in [5, 5.41) is 144. The van der Waals surface area contributed by atoms with Gasteiger partial charge < -0.3 is 123 Å². The SMILES string of the molecule is CC(=O)C[C@@H](C)[C@H]1CC[C@H]2[C@@H]3C[C@H](O[C@@H]4O[C@H](CO)[C@H](O)[C@H](O[C@@H]5O[C@H](C)[C@@H](O[C@@H]6O[C@H](CO)[C@H](O)[C@H](O)[C@H]6O[C@@H]6O[C@H](C)[C@H](O)[C@H](O)[C@H]6O)[C@H](O)[C@H]5O[C@@H]5O[C@H](C)[C@@H](O)[C@H](O)[C@H]5O)[C@H]4O)[C@H]4C[C@@H](OS(=O)(=O)[O-])CC[C@]4(C)C3=CC[C@]12C.[Na+]. The molecule has 0 aromatic carbocycles. The Hall–Kier alpha value is -0.640. The Morgan fingerprint density at radius 1 is 0.607 bits per heavy atom. The molecule has 5 heterocycles. The molecule has 0 amide bonds. The summed E-state index contributed by atoms with van der Waals surface area (Å²) in [4.78, 5) is 12.4. The van der Waals surface area contributed by atoms with Gasteiger partial charge in [0.2, 0.25) is 10.4 Å². The molecule has 0 spiro atoms. The summed E-state index contributed by atoms with van der Waals surface area (Å²) in [6, 6.07) is 0. The first-order valence-corrected chi connectivity index (χ1v) is 30.3. The first-order chi connectivity index (χ1) is 38.9. The zero-order valence-electron chi connectivity index (χ0n) is 48.5. The normalized spacial score (nSPS) is 52.0. The van der Waals surface area contributed by atoms with E-state index in [1.165, 1.54) is 26.3 Å². The topological polar surface area (TPSA) is 439 Å². The number of aliphatic hydroxyl groups is 13. The minimum atomic E-state index is -5.13. The summed E-state index contributed by atoms with van der Waals surface area (Å²) in [5.74, 6) is -0.0536. The van der Waals surface area contributed by atoms with Gasteiger partial charge in [0.05, 0.1) is 43.7 Å². The van der Waals surface area contributed by atoms with Gasteiger partial charge in [-0.1, -0.05) is 32.4 Å². The van der Waals surface area contributed by atoms with Crippen molar-refractivity contribution in [2.24, 2.45) is 40.4 Å². The maximum Gasteiger partial charge on any atom is 1.00 e. The fourth-order valence-corrected chi connectivity index (χ4v) is 16.1. The van der Waals surface area contributed by atoms with E-state index in [0.29, 0.717) is 19.3 Å². The number of ketones is 1. The molecule has 0 aromatic heterocycles. The second-order valence-electron chi connectivity index (χ2n) is 25.4. The van der Waals surface area contributed by atoms with Gasteiger partial charge in [0, 0.05) is 6.42 Å². The molecule has 5 saturated heterocycles. The summed E-state index contributed by atoms with van der Waals surface area (Å²) in [7, 11) is -5.13. The molecule has 13 N–H and O–H groups in total. The van der Waals surface area contributed by atoms with Gasteiger partial charge in [-0.25, -0.2) is 8.42 Å². The van der Waals surface area contributed by atoms with Gasteiger partial charge in [-0.3, -0.25) is 4.18 Å². The predicted molar refractivity (Wildman–Crippen MR) is 275 cm³/mol. The van der Waals surface area contributed by atoms with Crippen LogP contribution in [0.5, 0.6) is 0 Å². The van der Waals surface area contributed by atoms with E-state index in [4.69, 9.17) is 51.6 Å². The Bertz CT molecular complexity index is 2360. The van der Waals surface area contributed by atoms with Crippen LogP contribution in [0.2, 0.25) is 0 Å². The first-order valence-electron chi connectivity index (χ1n) is 29.0. The number of hydrogen-bond acceptors (Lipinski definition) is 28. The molecule has 0 radical (unpaired) electrons. The zero-order valence-corrected chi connectivity index (χ0v) is 51.3. The quantitative estimate of drug-likeness (QED) is 0.0279. The molecule has 30 heteroatoms. The van der Waals surface area contributed by atoms with Crippen LogP contribution in [0.15, 0.2) is 11.6 Å². The third-order valence-electron chi connectivity index (χ3n) is 20.1. The second-order valence-corrected chi connectivity index (χ2v) is 26.4. The van der Waals surface area contributed by atoms with Gasteiger partial charge in [-0.2, -0.15) is 0 Å². The van der Waals surface area contributed by atoms with E-state index >= 15 is 0 Å². The van der Waals surface area contributed by atoms with Gasteiger partial charge in [0.25, 0.3) is 0 Å². The maximum absolute atomic E-state index is 12.5. The van der Waals surface area contributed by atoms with Gasteiger partial charge >= 0.3 is 29.6 Å². The number of Topliss-reactive ketones (excluding diaryl/α,β-unsaturated/α-hetero) is 1. The monoisotopic (exact) mass is 1240 g/mol. The maximum atomic E-state index is 12.5. The molecule has 4 aliphatic carbocycles. The van der Waals surface area contributed by atoms with Crippen LogP contribution in [-0.4, -0.2) is 264 Å². The molecule has 28 nitrogen and oxygen atoms in total. The van der Waals surface area contributed by atoms with E-state index in [0.717, 1.165) is 19.3 Å². The average Bonchev–Trinajstić information content (AvgIpc) is 1.32. The molecule has 8 fully saturated rings. The van der Waals surface area contributed by atoms with E-state index < -0.39 is 201 Å². The molecule has 9 rings (SSSR count). The molecule has 0 aromatic rings. The molecule has 478 valence electrons. The minimum absolute atomic E-state index is 0. The summed E-state index contributed by atoms with van der Waals surface area (Å²) >= 11 is 0. The number of fused-ring (bicyclic) bond motifs is 5. The van der Waals surface area contributed by atoms with Crippen molar-refractivity contribution >= 4 is 16.2 Å². The van der Waals surface area contributed by atoms with Crippen LogP contribution in [0.3, 0.4) is 0 Å². The smallest absolute Gasteiger partial charge is 0.726 e. The first kappa shape index (κ1) is 69.3. The summed E-state index contributed by atoms with van der Waals surface area (Å²) in [6.07, 6.45) is -39.5. The van der Waals surface area contributed by atoms with Crippen molar-refractivity contribution < 1.29 is 165 Å². The van der Waals surface area contributed by atoms with Crippen molar-refractivity contribution in [3.8, 4) is 0 Å².